The van der Waals surface area contributed by atoms with Crippen molar-refractivity contribution >= 4 is 11.6 Å². The van der Waals surface area contributed by atoms with Gasteiger partial charge in [0, 0.05) is 17.8 Å². The molecule has 1 aromatic heterocycles. The van der Waals surface area contributed by atoms with Crippen LogP contribution >= 0.6 is 0 Å². The molecule has 2 amide bonds. The number of aromatic nitrogens is 2. The summed E-state index contributed by atoms with van der Waals surface area (Å²) in [5, 5.41) is 17.4. The van der Waals surface area contributed by atoms with Crippen molar-refractivity contribution in [1.29, 1.82) is 0 Å². The molecule has 1 atom stereocenters. The highest BCUT2D eigenvalue weighted by Crippen LogP contribution is 2.40. The normalized spacial score (nSPS) is 15.9. The van der Waals surface area contributed by atoms with E-state index >= 15 is 0 Å². The van der Waals surface area contributed by atoms with Crippen molar-refractivity contribution < 1.29 is 28.6 Å². The number of rotatable bonds is 7. The van der Waals surface area contributed by atoms with Crippen molar-refractivity contribution in [1.82, 2.24) is 20.4 Å². The molecule has 178 valence electrons. The minimum Gasteiger partial charge on any atom is -0.504 e. The predicted octanol–water partition coefficient (Wildman–Crippen LogP) is 3.99. The number of phenolic OH excluding ortho intramolecular Hbond substituents is 1. The summed E-state index contributed by atoms with van der Waals surface area (Å²) in [5.74, 6) is 2.02. The van der Waals surface area contributed by atoms with E-state index in [2.05, 4.69) is 15.5 Å². The van der Waals surface area contributed by atoms with E-state index < -0.39 is 6.04 Å². The number of benzene rings is 2. The number of nitrogens with zero attached hydrogens (tertiary/aromatic N) is 3. The smallest absolute Gasteiger partial charge is 0.322 e. The second-order valence-electron chi connectivity index (χ2n) is 7.55. The van der Waals surface area contributed by atoms with Crippen LogP contribution in [0.2, 0.25) is 0 Å². The van der Waals surface area contributed by atoms with Crippen molar-refractivity contribution in [2.75, 3.05) is 27.9 Å². The third-order valence-electron chi connectivity index (χ3n) is 5.75. The molecule has 2 heterocycles. The summed E-state index contributed by atoms with van der Waals surface area (Å²) < 4.78 is 21.5. The zero-order valence-electron chi connectivity index (χ0n) is 19.6. The summed E-state index contributed by atoms with van der Waals surface area (Å²) in [6, 6.07) is 9.39. The molecule has 3 aromatic rings. The van der Waals surface area contributed by atoms with Crippen molar-refractivity contribution in [3.63, 3.8) is 0 Å². The first-order valence-electron chi connectivity index (χ1n) is 10.6. The van der Waals surface area contributed by atoms with Crippen LogP contribution in [0.3, 0.4) is 0 Å². The van der Waals surface area contributed by atoms with Crippen LogP contribution in [0.5, 0.6) is 23.0 Å². The van der Waals surface area contributed by atoms with E-state index in [1.807, 2.05) is 13.8 Å². The lowest BCUT2D eigenvalue weighted by molar-refractivity contribution is 0.207. The Balaban J connectivity index is 1.80. The maximum atomic E-state index is 12.8. The molecular formula is C24H26N4O6. The van der Waals surface area contributed by atoms with E-state index in [4.69, 9.17) is 18.7 Å². The number of allylic oxidation sites excluding steroid dienone is 1. The fourth-order valence-electron chi connectivity index (χ4n) is 4.00. The first kappa shape index (κ1) is 23.0. The number of carbonyl (C=O) groups is 1. The van der Waals surface area contributed by atoms with Gasteiger partial charge in [-0.25, -0.2) is 4.79 Å². The minimum atomic E-state index is -0.620. The van der Waals surface area contributed by atoms with Gasteiger partial charge in [-0.1, -0.05) is 11.2 Å². The van der Waals surface area contributed by atoms with Crippen molar-refractivity contribution in [2.45, 2.75) is 19.9 Å². The Labute approximate surface area is 196 Å². The SMILES string of the molecule is CCN1C(=O)NC(c2ccc(OC)c(O)c2)C(c2nc(-c3ccc(OC)c(OC)c3)no2)=C1C. The summed E-state index contributed by atoms with van der Waals surface area (Å²) in [5.41, 5.74) is 2.62. The van der Waals surface area contributed by atoms with E-state index in [1.54, 1.807) is 55.5 Å². The topological polar surface area (TPSA) is 119 Å². The first-order valence-corrected chi connectivity index (χ1v) is 10.6. The fraction of sp³-hybridized carbons (Fsp3) is 0.292. The first-order chi connectivity index (χ1) is 16.4. The van der Waals surface area contributed by atoms with Gasteiger partial charge in [-0.3, -0.25) is 4.90 Å². The quantitative estimate of drug-likeness (QED) is 0.537. The molecule has 0 saturated carbocycles. The number of methoxy groups -OCH3 is 3. The lowest BCUT2D eigenvalue weighted by atomic mass is 9.94. The number of phenols is 1. The Kier molecular flexibility index (Phi) is 6.31. The van der Waals surface area contributed by atoms with Crippen molar-refractivity contribution in [3.05, 3.63) is 53.5 Å². The maximum absolute atomic E-state index is 12.8. The molecule has 2 aromatic carbocycles. The Hall–Kier alpha value is -4.21. The van der Waals surface area contributed by atoms with E-state index in [0.717, 1.165) is 0 Å². The number of carbonyl (C=O) groups excluding carboxylic acids is 1. The number of aromatic hydroxyl groups is 1. The van der Waals surface area contributed by atoms with Gasteiger partial charge in [0.1, 0.15) is 0 Å². The molecule has 0 fully saturated rings. The molecule has 1 unspecified atom stereocenters. The highest BCUT2D eigenvalue weighted by molar-refractivity contribution is 5.87. The summed E-state index contributed by atoms with van der Waals surface area (Å²) in [7, 11) is 4.59. The van der Waals surface area contributed by atoms with Gasteiger partial charge in [-0.15, -0.1) is 0 Å². The van der Waals surface area contributed by atoms with Crippen LogP contribution in [0.4, 0.5) is 4.79 Å². The highest BCUT2D eigenvalue weighted by Gasteiger charge is 2.35. The van der Waals surface area contributed by atoms with E-state index in [0.29, 0.717) is 52.0 Å². The number of urea groups is 1. The summed E-state index contributed by atoms with van der Waals surface area (Å²) in [4.78, 5) is 19.0. The molecule has 0 aliphatic carbocycles. The number of ether oxygens (including phenoxy) is 3. The molecular weight excluding hydrogens is 440 g/mol. The second-order valence-corrected chi connectivity index (χ2v) is 7.55. The molecule has 4 rings (SSSR count). The number of hydrogen-bond donors (Lipinski definition) is 2. The van der Waals surface area contributed by atoms with E-state index in [9.17, 15) is 9.90 Å². The van der Waals surface area contributed by atoms with Gasteiger partial charge < -0.3 is 29.2 Å². The Morgan fingerprint density at radius 2 is 1.76 bits per heavy atom. The van der Waals surface area contributed by atoms with Crippen LogP contribution in [-0.4, -0.2) is 54.1 Å². The van der Waals surface area contributed by atoms with E-state index in [-0.39, 0.29) is 17.7 Å². The average molecular weight is 466 g/mol. The predicted molar refractivity (Wildman–Crippen MR) is 124 cm³/mol. The molecule has 0 spiro atoms. The maximum Gasteiger partial charge on any atom is 0.322 e. The standard InChI is InChI=1S/C24H26N4O6/c1-6-28-13(2)20(21(25-24(28)30)14-7-9-17(31-3)16(29)11-14)23-26-22(27-34-23)15-8-10-18(32-4)19(12-15)33-5/h7-12,21,29H,6H2,1-5H3,(H,25,30). The molecule has 10 heteroatoms. The van der Waals surface area contributed by atoms with Crippen molar-refractivity contribution in [2.24, 2.45) is 0 Å². The van der Waals surface area contributed by atoms with Gasteiger partial charge >= 0.3 is 6.03 Å². The van der Waals surface area contributed by atoms with Crippen LogP contribution in [-0.2, 0) is 0 Å². The molecule has 0 saturated heterocycles. The average Bonchev–Trinajstić information content (AvgIpc) is 3.33. The van der Waals surface area contributed by atoms with Crippen LogP contribution < -0.4 is 19.5 Å². The molecule has 1 aliphatic heterocycles. The number of nitrogens with one attached hydrogen (secondary N) is 1. The lowest BCUT2D eigenvalue weighted by Gasteiger charge is -2.34. The highest BCUT2D eigenvalue weighted by atomic mass is 16.5. The lowest BCUT2D eigenvalue weighted by Crippen LogP contribution is -2.45. The van der Waals surface area contributed by atoms with Crippen LogP contribution in [0, 0.1) is 0 Å². The van der Waals surface area contributed by atoms with Gasteiger partial charge in [0.05, 0.1) is 32.9 Å². The van der Waals surface area contributed by atoms with Gasteiger partial charge in [0.2, 0.25) is 5.82 Å². The molecule has 10 nitrogen and oxygen atoms in total. The summed E-state index contributed by atoms with van der Waals surface area (Å²) >= 11 is 0. The van der Waals surface area contributed by atoms with Gasteiger partial charge in [-0.05, 0) is 49.7 Å². The minimum absolute atomic E-state index is 0.0410. The molecule has 2 N–H and O–H groups in total. The number of amides is 2. The van der Waals surface area contributed by atoms with Gasteiger partial charge in [-0.2, -0.15) is 4.98 Å². The van der Waals surface area contributed by atoms with E-state index in [1.165, 1.54) is 7.11 Å². The molecule has 34 heavy (non-hydrogen) atoms. The summed E-state index contributed by atoms with van der Waals surface area (Å²) in [6.07, 6.45) is 0. The second kappa shape index (κ2) is 9.34. The fourth-order valence-corrected chi connectivity index (χ4v) is 4.00. The van der Waals surface area contributed by atoms with Crippen LogP contribution in [0.1, 0.15) is 31.3 Å². The third kappa shape index (κ3) is 3.98. The Morgan fingerprint density at radius 3 is 2.41 bits per heavy atom. The zero-order valence-corrected chi connectivity index (χ0v) is 19.6. The monoisotopic (exact) mass is 466 g/mol. The Morgan fingerprint density at radius 1 is 1.06 bits per heavy atom. The molecule has 0 bridgehead atoms. The van der Waals surface area contributed by atoms with Gasteiger partial charge in [0.25, 0.3) is 5.89 Å². The molecule has 0 radical (unpaired) electrons. The molecule has 1 aliphatic rings. The zero-order chi connectivity index (χ0) is 24.4. The third-order valence-corrected chi connectivity index (χ3v) is 5.75. The Bertz CT molecular complexity index is 1250. The van der Waals surface area contributed by atoms with Crippen LogP contribution in [0.25, 0.3) is 17.0 Å². The summed E-state index contributed by atoms with van der Waals surface area (Å²) in [6.45, 7) is 4.16. The van der Waals surface area contributed by atoms with Crippen LogP contribution in [0.15, 0.2) is 46.6 Å². The number of hydrogen-bond acceptors (Lipinski definition) is 8. The van der Waals surface area contributed by atoms with Crippen molar-refractivity contribution in [3.8, 4) is 34.4 Å². The largest absolute Gasteiger partial charge is 0.504 e. The van der Waals surface area contributed by atoms with Gasteiger partial charge in [0.15, 0.2) is 23.0 Å².